The number of carbonyl (C=O) groups excluding carboxylic acids is 3. The highest BCUT2D eigenvalue weighted by atomic mass is 16.5. The van der Waals surface area contributed by atoms with Crippen molar-refractivity contribution in [3.05, 3.63) is 59.2 Å². The molecule has 1 aliphatic heterocycles. The molecule has 1 fully saturated rings. The van der Waals surface area contributed by atoms with Crippen molar-refractivity contribution in [2.45, 2.75) is 26.9 Å². The molecule has 9 heteroatoms. The number of anilines is 1. The number of carbonyl (C=O) groups is 4. The van der Waals surface area contributed by atoms with Crippen molar-refractivity contribution in [3.63, 3.8) is 0 Å². The van der Waals surface area contributed by atoms with E-state index in [1.54, 1.807) is 44.2 Å². The lowest BCUT2D eigenvalue weighted by molar-refractivity contribution is -0.144. The molecule has 0 aliphatic carbocycles. The number of amides is 4. The zero-order valence-corrected chi connectivity index (χ0v) is 17.7. The Balaban J connectivity index is 1.98. The number of hydrogen-bond acceptors (Lipinski definition) is 6. The lowest BCUT2D eigenvalue weighted by atomic mass is 10.1. The van der Waals surface area contributed by atoms with Gasteiger partial charge in [-0.1, -0.05) is 24.3 Å². The van der Waals surface area contributed by atoms with E-state index < -0.39 is 29.9 Å². The summed E-state index contributed by atoms with van der Waals surface area (Å²) in [5.41, 5.74) is 1.26. The molecule has 0 spiro atoms. The van der Waals surface area contributed by atoms with Crippen LogP contribution in [0, 0.1) is 6.92 Å². The van der Waals surface area contributed by atoms with Gasteiger partial charge in [-0.3, -0.25) is 14.9 Å². The van der Waals surface area contributed by atoms with E-state index in [9.17, 15) is 19.2 Å². The molecule has 0 bridgehead atoms. The van der Waals surface area contributed by atoms with Crippen LogP contribution >= 0.6 is 0 Å². The zero-order valence-electron chi connectivity index (χ0n) is 17.7. The molecule has 3 rings (SSSR count). The zero-order chi connectivity index (χ0) is 23.4. The second-order valence-corrected chi connectivity index (χ2v) is 6.98. The fraction of sp³-hybridized carbons (Fsp3) is 0.217. The van der Waals surface area contributed by atoms with Gasteiger partial charge in [0, 0.05) is 0 Å². The summed E-state index contributed by atoms with van der Waals surface area (Å²) in [7, 11) is 0. The smallest absolute Gasteiger partial charge is 0.344 e. The Hall–Kier alpha value is -4.14. The van der Waals surface area contributed by atoms with Gasteiger partial charge in [-0.25, -0.2) is 14.5 Å². The molecule has 2 aromatic carbocycles. The average Bonchev–Trinajstić information content (AvgIpc) is 2.74. The molecule has 1 saturated heterocycles. The van der Waals surface area contributed by atoms with Crippen molar-refractivity contribution < 1.29 is 33.8 Å². The van der Waals surface area contributed by atoms with Crippen molar-refractivity contribution in [1.29, 1.82) is 0 Å². The molecule has 0 saturated carbocycles. The number of aliphatic carboxylic acids is 1. The number of carboxylic acids is 1. The van der Waals surface area contributed by atoms with Gasteiger partial charge in [0.1, 0.15) is 5.57 Å². The largest absolute Gasteiger partial charge is 0.490 e. The van der Waals surface area contributed by atoms with Gasteiger partial charge in [0.15, 0.2) is 17.6 Å². The molecule has 1 atom stereocenters. The number of nitrogens with one attached hydrogen (secondary N) is 1. The molecule has 0 aromatic heterocycles. The molecule has 32 heavy (non-hydrogen) atoms. The Labute approximate surface area is 184 Å². The summed E-state index contributed by atoms with van der Waals surface area (Å²) in [6.07, 6.45) is 0.236. The average molecular weight is 438 g/mol. The van der Waals surface area contributed by atoms with Crippen molar-refractivity contribution in [1.82, 2.24) is 5.32 Å². The van der Waals surface area contributed by atoms with Crippen molar-refractivity contribution in [3.8, 4) is 11.5 Å². The topological polar surface area (TPSA) is 122 Å². The second kappa shape index (κ2) is 9.34. The minimum Gasteiger partial charge on any atom is -0.490 e. The first-order chi connectivity index (χ1) is 15.2. The first kappa shape index (κ1) is 22.5. The van der Waals surface area contributed by atoms with E-state index in [1.807, 2.05) is 0 Å². The van der Waals surface area contributed by atoms with Gasteiger partial charge in [0.2, 0.25) is 0 Å². The Bertz CT molecular complexity index is 1120. The van der Waals surface area contributed by atoms with Crippen LogP contribution in [0.4, 0.5) is 10.5 Å². The number of imide groups is 2. The van der Waals surface area contributed by atoms with Crippen LogP contribution in [0.25, 0.3) is 6.08 Å². The number of benzene rings is 2. The summed E-state index contributed by atoms with van der Waals surface area (Å²) in [4.78, 5) is 49.8. The maximum Gasteiger partial charge on any atom is 0.344 e. The van der Waals surface area contributed by atoms with Crippen LogP contribution in [0.3, 0.4) is 0 Å². The summed E-state index contributed by atoms with van der Waals surface area (Å²) in [5, 5.41) is 11.2. The number of aryl methyl sites for hydroxylation is 1. The van der Waals surface area contributed by atoms with Gasteiger partial charge in [-0.2, -0.15) is 0 Å². The number of nitrogens with zero attached hydrogens (tertiary/aromatic N) is 1. The second-order valence-electron chi connectivity index (χ2n) is 6.98. The maximum absolute atomic E-state index is 13.1. The summed E-state index contributed by atoms with van der Waals surface area (Å²) in [6.45, 7) is 5.17. The molecule has 1 unspecified atom stereocenters. The molecule has 2 N–H and O–H groups in total. The quantitative estimate of drug-likeness (QED) is 0.503. The van der Waals surface area contributed by atoms with Crippen LogP contribution in [0.1, 0.15) is 25.0 Å². The number of ether oxygens (including phenoxy) is 2. The summed E-state index contributed by atoms with van der Waals surface area (Å²) in [5.74, 6) is -2.25. The lowest BCUT2D eigenvalue weighted by Crippen LogP contribution is -2.54. The van der Waals surface area contributed by atoms with Crippen LogP contribution in [-0.4, -0.2) is 41.6 Å². The monoisotopic (exact) mass is 438 g/mol. The van der Waals surface area contributed by atoms with Crippen molar-refractivity contribution >= 4 is 35.6 Å². The number of urea groups is 1. The lowest BCUT2D eigenvalue weighted by Gasteiger charge is -2.27. The third-order valence-corrected chi connectivity index (χ3v) is 4.69. The molecular weight excluding hydrogens is 416 g/mol. The van der Waals surface area contributed by atoms with Crippen molar-refractivity contribution in [2.24, 2.45) is 0 Å². The third kappa shape index (κ3) is 4.61. The number of para-hydroxylation sites is 1. The summed E-state index contributed by atoms with van der Waals surface area (Å²) < 4.78 is 10.9. The molecular formula is C23H22N2O7. The standard InChI is InChI=1S/C23H22N2O7/c1-4-31-19-12-15(9-10-18(19)32-14(3)22(28)29)11-16-20(26)24-23(30)25(21(16)27)17-8-6-5-7-13(17)2/h5-12,14H,4H2,1-3H3,(H,28,29)(H,24,26,30)/b16-11+. The molecule has 9 nitrogen and oxygen atoms in total. The van der Waals surface area contributed by atoms with E-state index in [1.165, 1.54) is 25.1 Å². The van der Waals surface area contributed by atoms with Crippen LogP contribution in [0.15, 0.2) is 48.0 Å². The Morgan fingerprint density at radius 2 is 1.88 bits per heavy atom. The van der Waals surface area contributed by atoms with E-state index in [-0.39, 0.29) is 23.7 Å². The van der Waals surface area contributed by atoms with Crippen LogP contribution in [-0.2, 0) is 14.4 Å². The molecule has 166 valence electrons. The predicted molar refractivity (Wildman–Crippen MR) is 116 cm³/mol. The predicted octanol–water partition coefficient (Wildman–Crippen LogP) is 2.91. The van der Waals surface area contributed by atoms with E-state index in [0.29, 0.717) is 16.8 Å². The highest BCUT2D eigenvalue weighted by Gasteiger charge is 2.37. The maximum atomic E-state index is 13.1. The van der Waals surface area contributed by atoms with Gasteiger partial charge in [-0.05, 0) is 56.2 Å². The molecule has 1 aliphatic rings. The van der Waals surface area contributed by atoms with Crippen molar-refractivity contribution in [2.75, 3.05) is 11.5 Å². The highest BCUT2D eigenvalue weighted by molar-refractivity contribution is 6.39. The van der Waals surface area contributed by atoms with Gasteiger partial charge >= 0.3 is 12.0 Å². The molecule has 2 aromatic rings. The number of carboxylic acid groups (broad SMARTS) is 1. The fourth-order valence-electron chi connectivity index (χ4n) is 3.08. The van der Waals surface area contributed by atoms with Gasteiger partial charge in [-0.15, -0.1) is 0 Å². The fourth-order valence-corrected chi connectivity index (χ4v) is 3.08. The van der Waals surface area contributed by atoms with Gasteiger partial charge < -0.3 is 14.6 Å². The molecule has 1 heterocycles. The van der Waals surface area contributed by atoms with Gasteiger partial charge in [0.05, 0.1) is 12.3 Å². The Kier molecular flexibility index (Phi) is 6.58. The van der Waals surface area contributed by atoms with Crippen LogP contribution < -0.4 is 19.7 Å². The molecule has 0 radical (unpaired) electrons. The van der Waals surface area contributed by atoms with E-state index in [4.69, 9.17) is 14.6 Å². The Morgan fingerprint density at radius 1 is 1.16 bits per heavy atom. The normalized spacial score (nSPS) is 16.0. The van der Waals surface area contributed by atoms with E-state index in [0.717, 1.165) is 4.90 Å². The summed E-state index contributed by atoms with van der Waals surface area (Å²) >= 11 is 0. The first-order valence-corrected chi connectivity index (χ1v) is 9.86. The first-order valence-electron chi connectivity index (χ1n) is 9.86. The number of barbiturate groups is 1. The SMILES string of the molecule is CCOc1cc(/C=C2\C(=O)NC(=O)N(c3ccccc3C)C2=O)ccc1OC(C)C(=O)O. The Morgan fingerprint density at radius 3 is 2.53 bits per heavy atom. The minimum absolute atomic E-state index is 0.208. The minimum atomic E-state index is -1.14. The van der Waals surface area contributed by atoms with Crippen LogP contribution in [0.5, 0.6) is 11.5 Å². The van der Waals surface area contributed by atoms with E-state index >= 15 is 0 Å². The number of rotatable bonds is 7. The summed E-state index contributed by atoms with van der Waals surface area (Å²) in [6, 6.07) is 10.6. The van der Waals surface area contributed by atoms with Crippen LogP contribution in [0.2, 0.25) is 0 Å². The number of hydrogen-bond donors (Lipinski definition) is 2. The third-order valence-electron chi connectivity index (χ3n) is 4.69. The highest BCUT2D eigenvalue weighted by Crippen LogP contribution is 2.31. The molecule has 4 amide bonds. The van der Waals surface area contributed by atoms with Gasteiger partial charge in [0.25, 0.3) is 11.8 Å². The van der Waals surface area contributed by atoms with E-state index in [2.05, 4.69) is 5.32 Å².